The number of rotatable bonds is 3. The molecule has 28 heavy (non-hydrogen) atoms. The lowest BCUT2D eigenvalue weighted by Gasteiger charge is -2.16. The predicted molar refractivity (Wildman–Crippen MR) is 107 cm³/mol. The number of likely N-dealkylation sites (tertiary alicyclic amines) is 1. The van der Waals surface area contributed by atoms with Crippen molar-refractivity contribution in [2.75, 3.05) is 26.2 Å². The van der Waals surface area contributed by atoms with Gasteiger partial charge in [0.05, 0.1) is 17.7 Å². The second kappa shape index (κ2) is 8.98. The molecule has 10 heteroatoms. The number of aromatic nitrogens is 1. The summed E-state index contributed by atoms with van der Waals surface area (Å²) in [6.07, 6.45) is -4.18. The van der Waals surface area contributed by atoms with Crippen LogP contribution in [0, 0.1) is 11.8 Å². The molecule has 0 bridgehead atoms. The van der Waals surface area contributed by atoms with Gasteiger partial charge in [0.1, 0.15) is 5.01 Å². The third-order valence-electron chi connectivity index (χ3n) is 5.06. The number of hydrogen-bond donors (Lipinski definition) is 1. The van der Waals surface area contributed by atoms with Gasteiger partial charge in [-0.1, -0.05) is 12.1 Å². The van der Waals surface area contributed by atoms with E-state index in [-0.39, 0.29) is 37.1 Å². The van der Waals surface area contributed by atoms with E-state index in [0.29, 0.717) is 28.1 Å². The summed E-state index contributed by atoms with van der Waals surface area (Å²) in [4.78, 5) is 18.8. The van der Waals surface area contributed by atoms with Gasteiger partial charge in [-0.15, -0.1) is 36.2 Å². The van der Waals surface area contributed by atoms with E-state index in [2.05, 4.69) is 10.3 Å². The summed E-state index contributed by atoms with van der Waals surface area (Å²) in [6, 6.07) is 5.12. The molecule has 1 amide bonds. The third kappa shape index (κ3) is 4.79. The van der Waals surface area contributed by atoms with Gasteiger partial charge in [-0.3, -0.25) is 4.79 Å². The monoisotopic (exact) mass is 453 g/mol. The summed E-state index contributed by atoms with van der Waals surface area (Å²) < 4.78 is 38.6. The molecule has 2 saturated heterocycles. The van der Waals surface area contributed by atoms with Gasteiger partial charge < -0.3 is 10.2 Å². The van der Waals surface area contributed by atoms with Crippen molar-refractivity contribution < 1.29 is 18.0 Å². The van der Waals surface area contributed by atoms with Crippen LogP contribution in [-0.4, -0.2) is 42.0 Å². The van der Waals surface area contributed by atoms with Gasteiger partial charge in [-0.05, 0) is 24.0 Å². The maximum Gasteiger partial charge on any atom is 0.416 e. The normalized spacial score (nSPS) is 21.0. The second-order valence-electron chi connectivity index (χ2n) is 6.88. The maximum absolute atomic E-state index is 12.9. The first-order valence-electron chi connectivity index (χ1n) is 8.50. The van der Waals surface area contributed by atoms with Crippen LogP contribution < -0.4 is 5.32 Å². The molecular formula is C18H20Cl2F3N3OS. The van der Waals surface area contributed by atoms with E-state index in [9.17, 15) is 18.0 Å². The fraction of sp³-hybridized carbons (Fsp3) is 0.444. The fourth-order valence-electron chi connectivity index (χ4n) is 3.68. The van der Waals surface area contributed by atoms with Gasteiger partial charge in [0, 0.05) is 37.1 Å². The molecule has 2 aliphatic rings. The number of carbonyl (C=O) groups excluding carboxylic acids is 1. The van der Waals surface area contributed by atoms with Crippen molar-refractivity contribution in [1.29, 1.82) is 0 Å². The molecule has 2 atom stereocenters. The topological polar surface area (TPSA) is 45.2 Å². The molecule has 2 aromatic rings. The largest absolute Gasteiger partial charge is 0.416 e. The molecule has 2 fully saturated rings. The number of alkyl halides is 3. The van der Waals surface area contributed by atoms with Crippen molar-refractivity contribution in [2.45, 2.75) is 12.6 Å². The Bertz CT molecular complexity index is 818. The second-order valence-corrected chi connectivity index (χ2v) is 7.73. The first-order valence-corrected chi connectivity index (χ1v) is 9.38. The standard InChI is InChI=1S/C18H18F3N3OS.2ClH/c19-18(20,21)14-3-1-2-11(4-14)17-23-15(10-26-17)5-16(25)24-8-12-6-22-7-13(12)9-24;;/h1-4,10,12-13,22H,5-9H2;2*1H/t12-,13+;;. The third-order valence-corrected chi connectivity index (χ3v) is 6.00. The molecule has 2 aliphatic heterocycles. The molecule has 3 heterocycles. The number of fused-ring (bicyclic) bond motifs is 1. The SMILES string of the molecule is Cl.Cl.O=C(Cc1csc(-c2cccc(C(F)(F)F)c2)n1)N1C[C@H]2CNC[C@H]2C1. The highest BCUT2D eigenvalue weighted by Gasteiger charge is 2.38. The Morgan fingerprint density at radius 3 is 2.54 bits per heavy atom. The maximum atomic E-state index is 12.9. The zero-order valence-corrected chi connectivity index (χ0v) is 17.2. The molecule has 0 radical (unpaired) electrons. The van der Waals surface area contributed by atoms with Crippen LogP contribution in [0.3, 0.4) is 0 Å². The molecule has 4 rings (SSSR count). The summed E-state index contributed by atoms with van der Waals surface area (Å²) >= 11 is 1.26. The van der Waals surface area contributed by atoms with Gasteiger partial charge in [0.25, 0.3) is 0 Å². The molecule has 1 aromatic carbocycles. The minimum Gasteiger partial charge on any atom is -0.342 e. The highest BCUT2D eigenvalue weighted by molar-refractivity contribution is 7.13. The van der Waals surface area contributed by atoms with Crippen LogP contribution >= 0.6 is 36.2 Å². The summed E-state index contributed by atoms with van der Waals surface area (Å²) in [5.74, 6) is 1.12. The van der Waals surface area contributed by atoms with Crippen LogP contribution in [0.4, 0.5) is 13.2 Å². The zero-order valence-electron chi connectivity index (χ0n) is 14.7. The summed E-state index contributed by atoms with van der Waals surface area (Å²) in [5.41, 5.74) is 0.341. The Morgan fingerprint density at radius 1 is 1.21 bits per heavy atom. The van der Waals surface area contributed by atoms with Crippen molar-refractivity contribution in [3.63, 3.8) is 0 Å². The Morgan fingerprint density at radius 2 is 1.89 bits per heavy atom. The lowest BCUT2D eigenvalue weighted by molar-refractivity contribution is -0.137. The molecular weight excluding hydrogens is 434 g/mol. The van der Waals surface area contributed by atoms with Crippen LogP contribution in [0.25, 0.3) is 10.6 Å². The van der Waals surface area contributed by atoms with Crippen LogP contribution in [0.5, 0.6) is 0 Å². The Kier molecular flexibility index (Phi) is 7.36. The van der Waals surface area contributed by atoms with Crippen LogP contribution in [-0.2, 0) is 17.4 Å². The van der Waals surface area contributed by atoms with Crippen molar-refractivity contribution in [3.05, 3.63) is 40.9 Å². The number of hydrogen-bond acceptors (Lipinski definition) is 4. The fourth-order valence-corrected chi connectivity index (χ4v) is 4.49. The molecule has 1 N–H and O–H groups in total. The summed E-state index contributed by atoms with van der Waals surface area (Å²) in [5, 5.41) is 5.60. The Labute approximate surface area is 177 Å². The molecule has 4 nitrogen and oxygen atoms in total. The van der Waals surface area contributed by atoms with Crippen molar-refractivity contribution in [1.82, 2.24) is 15.2 Å². The molecule has 1 aromatic heterocycles. The zero-order chi connectivity index (χ0) is 18.3. The number of benzene rings is 1. The summed E-state index contributed by atoms with van der Waals surface area (Å²) in [7, 11) is 0. The average Bonchev–Trinajstić information content (AvgIpc) is 3.29. The molecule has 154 valence electrons. The molecule has 0 saturated carbocycles. The van der Waals surface area contributed by atoms with E-state index < -0.39 is 11.7 Å². The summed E-state index contributed by atoms with van der Waals surface area (Å²) in [6.45, 7) is 3.48. The Hall–Kier alpha value is -1.35. The van der Waals surface area contributed by atoms with Gasteiger partial charge >= 0.3 is 6.18 Å². The molecule has 0 unspecified atom stereocenters. The van der Waals surface area contributed by atoms with Gasteiger partial charge in [0.15, 0.2) is 0 Å². The Balaban J connectivity index is 0.00000140. The van der Waals surface area contributed by atoms with Gasteiger partial charge in [-0.2, -0.15) is 13.2 Å². The number of carbonyl (C=O) groups is 1. The number of amides is 1. The number of halogens is 5. The predicted octanol–water partition coefficient (Wildman–Crippen LogP) is 3.89. The first kappa shape index (κ1) is 22.9. The number of thiazole rings is 1. The highest BCUT2D eigenvalue weighted by Crippen LogP contribution is 2.33. The minimum absolute atomic E-state index is 0. The van der Waals surface area contributed by atoms with Crippen LogP contribution in [0.2, 0.25) is 0 Å². The van der Waals surface area contributed by atoms with E-state index in [0.717, 1.165) is 38.3 Å². The van der Waals surface area contributed by atoms with Crippen molar-refractivity contribution >= 4 is 42.1 Å². The lowest BCUT2D eigenvalue weighted by Crippen LogP contribution is -2.33. The smallest absolute Gasteiger partial charge is 0.342 e. The van der Waals surface area contributed by atoms with Crippen LogP contribution in [0.1, 0.15) is 11.3 Å². The van der Waals surface area contributed by atoms with Crippen molar-refractivity contribution in [3.8, 4) is 10.6 Å². The minimum atomic E-state index is -4.38. The molecule has 0 spiro atoms. The van der Waals surface area contributed by atoms with Crippen LogP contribution in [0.15, 0.2) is 29.6 Å². The quantitative estimate of drug-likeness (QED) is 0.766. The van der Waals surface area contributed by atoms with E-state index in [4.69, 9.17) is 0 Å². The number of nitrogens with zero attached hydrogens (tertiary/aromatic N) is 2. The van der Waals surface area contributed by atoms with E-state index in [1.54, 1.807) is 11.4 Å². The highest BCUT2D eigenvalue weighted by atomic mass is 35.5. The lowest BCUT2D eigenvalue weighted by atomic mass is 10.0. The van der Waals surface area contributed by atoms with E-state index >= 15 is 0 Å². The number of nitrogens with one attached hydrogen (secondary N) is 1. The van der Waals surface area contributed by atoms with Gasteiger partial charge in [0.2, 0.25) is 5.91 Å². The first-order chi connectivity index (χ1) is 12.4. The van der Waals surface area contributed by atoms with E-state index in [1.807, 2.05) is 4.90 Å². The molecule has 0 aliphatic carbocycles. The van der Waals surface area contributed by atoms with Crippen molar-refractivity contribution in [2.24, 2.45) is 11.8 Å². The average molecular weight is 454 g/mol. The van der Waals surface area contributed by atoms with E-state index in [1.165, 1.54) is 17.4 Å². The van der Waals surface area contributed by atoms with Gasteiger partial charge in [-0.25, -0.2) is 4.98 Å².